The summed E-state index contributed by atoms with van der Waals surface area (Å²) in [5, 5.41) is 1.56. The fraction of sp³-hybridized carbons (Fsp3) is 0.100. The van der Waals surface area contributed by atoms with Crippen molar-refractivity contribution in [3.8, 4) is 5.88 Å². The molecule has 0 unspecified atom stereocenters. The maximum absolute atomic E-state index is 6.07. The van der Waals surface area contributed by atoms with Crippen LogP contribution in [0.1, 0.15) is 0 Å². The lowest BCUT2D eigenvalue weighted by Crippen LogP contribution is -1.88. The molecule has 0 atom stereocenters. The summed E-state index contributed by atoms with van der Waals surface area (Å²) in [6, 6.07) is 7.46. The van der Waals surface area contributed by atoms with Crippen LogP contribution in [0.3, 0.4) is 0 Å². The van der Waals surface area contributed by atoms with Gasteiger partial charge >= 0.3 is 0 Å². The number of pyridine rings is 1. The molecule has 0 aliphatic rings. The monoisotopic (exact) mass is 271 g/mol. The highest BCUT2D eigenvalue weighted by Gasteiger charge is 2.04. The fourth-order valence-electron chi connectivity index (χ4n) is 1.24. The van der Waals surface area contributed by atoms with Crippen LogP contribution in [0.15, 0.2) is 28.7 Å². The van der Waals surface area contributed by atoms with E-state index in [-0.39, 0.29) is 0 Å². The van der Waals surface area contributed by atoms with Crippen molar-refractivity contribution in [1.29, 1.82) is 0 Å². The highest BCUT2D eigenvalue weighted by molar-refractivity contribution is 9.10. The Bertz CT molecular complexity index is 487. The van der Waals surface area contributed by atoms with E-state index in [0.29, 0.717) is 10.9 Å². The third-order valence-electron chi connectivity index (χ3n) is 1.91. The summed E-state index contributed by atoms with van der Waals surface area (Å²) in [4.78, 5) is 4.27. The Balaban J connectivity index is 2.76. The molecule has 2 nitrogen and oxygen atoms in total. The summed E-state index contributed by atoms with van der Waals surface area (Å²) in [5.74, 6) is 0.532. The molecule has 1 aromatic heterocycles. The summed E-state index contributed by atoms with van der Waals surface area (Å²) in [6.45, 7) is 0. The first-order valence-corrected chi connectivity index (χ1v) is 5.17. The molecule has 1 heterocycles. The van der Waals surface area contributed by atoms with E-state index in [1.54, 1.807) is 13.2 Å². The molecule has 1 aromatic carbocycles. The summed E-state index contributed by atoms with van der Waals surface area (Å²) in [5.41, 5.74) is 0.831. The minimum Gasteiger partial charge on any atom is -0.481 e. The standard InChI is InChI=1S/C10H7BrClNO/c1-14-10-5-8(12)7-4-6(11)2-3-9(7)13-10/h2-5H,1H3. The van der Waals surface area contributed by atoms with Gasteiger partial charge in [-0.05, 0) is 18.2 Å². The fourth-order valence-corrected chi connectivity index (χ4v) is 1.84. The molecule has 0 radical (unpaired) electrons. The summed E-state index contributed by atoms with van der Waals surface area (Å²) < 4.78 is 6.01. The zero-order chi connectivity index (χ0) is 10.1. The second kappa shape index (κ2) is 3.75. The molecule has 14 heavy (non-hydrogen) atoms. The largest absolute Gasteiger partial charge is 0.481 e. The Morgan fingerprint density at radius 1 is 1.36 bits per heavy atom. The van der Waals surface area contributed by atoms with E-state index in [9.17, 15) is 0 Å². The van der Waals surface area contributed by atoms with Gasteiger partial charge in [0.2, 0.25) is 5.88 Å². The lowest BCUT2D eigenvalue weighted by atomic mass is 10.2. The Kier molecular flexibility index (Phi) is 2.61. The number of hydrogen-bond acceptors (Lipinski definition) is 2. The Hall–Kier alpha value is -0.800. The first-order chi connectivity index (χ1) is 6.70. The van der Waals surface area contributed by atoms with E-state index in [2.05, 4.69) is 20.9 Å². The second-order valence-electron chi connectivity index (χ2n) is 2.81. The maximum atomic E-state index is 6.07. The van der Waals surface area contributed by atoms with Crippen molar-refractivity contribution < 1.29 is 4.74 Å². The van der Waals surface area contributed by atoms with Crippen LogP contribution < -0.4 is 4.74 Å². The van der Waals surface area contributed by atoms with Crippen molar-refractivity contribution in [2.45, 2.75) is 0 Å². The van der Waals surface area contributed by atoms with Crippen LogP contribution >= 0.6 is 27.5 Å². The van der Waals surface area contributed by atoms with Crippen molar-refractivity contribution in [2.75, 3.05) is 7.11 Å². The molecular weight excluding hydrogens is 265 g/mol. The molecule has 0 N–H and O–H groups in total. The van der Waals surface area contributed by atoms with E-state index in [1.807, 2.05) is 18.2 Å². The molecule has 2 aromatic rings. The van der Waals surface area contributed by atoms with Crippen molar-refractivity contribution in [3.63, 3.8) is 0 Å². The van der Waals surface area contributed by atoms with Crippen LogP contribution in [-0.2, 0) is 0 Å². The first-order valence-electron chi connectivity index (χ1n) is 4.00. The number of halogens is 2. The minimum absolute atomic E-state index is 0.532. The van der Waals surface area contributed by atoms with Crippen LogP contribution in [0.25, 0.3) is 10.9 Å². The van der Waals surface area contributed by atoms with E-state index >= 15 is 0 Å². The van der Waals surface area contributed by atoms with Crippen molar-refractivity contribution in [1.82, 2.24) is 4.98 Å². The average molecular weight is 273 g/mol. The number of ether oxygens (including phenoxy) is 1. The van der Waals surface area contributed by atoms with Crippen LogP contribution in [0.5, 0.6) is 5.88 Å². The number of aromatic nitrogens is 1. The smallest absolute Gasteiger partial charge is 0.215 e. The zero-order valence-electron chi connectivity index (χ0n) is 7.42. The van der Waals surface area contributed by atoms with Crippen LogP contribution in [0.4, 0.5) is 0 Å². The number of benzene rings is 1. The number of hydrogen-bond donors (Lipinski definition) is 0. The van der Waals surface area contributed by atoms with Crippen molar-refractivity contribution in [2.24, 2.45) is 0 Å². The van der Waals surface area contributed by atoms with E-state index in [1.165, 1.54) is 0 Å². The molecule has 0 amide bonds. The molecule has 0 saturated heterocycles. The maximum Gasteiger partial charge on any atom is 0.215 e. The normalized spacial score (nSPS) is 10.5. The molecule has 0 aliphatic heterocycles. The van der Waals surface area contributed by atoms with Gasteiger partial charge < -0.3 is 4.74 Å². The Labute approximate surface area is 95.0 Å². The van der Waals surface area contributed by atoms with Gasteiger partial charge in [0.25, 0.3) is 0 Å². The van der Waals surface area contributed by atoms with E-state index in [0.717, 1.165) is 15.4 Å². The van der Waals surface area contributed by atoms with Gasteiger partial charge in [-0.25, -0.2) is 4.98 Å². The second-order valence-corrected chi connectivity index (χ2v) is 4.13. The Morgan fingerprint density at radius 2 is 2.14 bits per heavy atom. The molecule has 0 spiro atoms. The summed E-state index contributed by atoms with van der Waals surface area (Å²) in [6.07, 6.45) is 0. The third kappa shape index (κ3) is 1.70. The molecule has 0 saturated carbocycles. The van der Waals surface area contributed by atoms with Gasteiger partial charge in [0.05, 0.1) is 17.6 Å². The van der Waals surface area contributed by atoms with Gasteiger partial charge in [0.15, 0.2) is 0 Å². The van der Waals surface area contributed by atoms with Crippen molar-refractivity contribution >= 4 is 38.4 Å². The lowest BCUT2D eigenvalue weighted by molar-refractivity contribution is 0.399. The molecule has 0 fully saturated rings. The van der Waals surface area contributed by atoms with Gasteiger partial charge in [-0.3, -0.25) is 0 Å². The molecular formula is C10H7BrClNO. The summed E-state index contributed by atoms with van der Waals surface area (Å²) in [7, 11) is 1.57. The van der Waals surface area contributed by atoms with Crippen LogP contribution in [0.2, 0.25) is 5.02 Å². The van der Waals surface area contributed by atoms with Crippen molar-refractivity contribution in [3.05, 3.63) is 33.8 Å². The SMILES string of the molecule is COc1cc(Cl)c2cc(Br)ccc2n1. The van der Waals surface area contributed by atoms with Crippen LogP contribution in [0, 0.1) is 0 Å². The van der Waals surface area contributed by atoms with Gasteiger partial charge in [0, 0.05) is 15.9 Å². The molecule has 0 bridgehead atoms. The van der Waals surface area contributed by atoms with Gasteiger partial charge in [-0.15, -0.1) is 0 Å². The summed E-state index contributed by atoms with van der Waals surface area (Å²) >= 11 is 9.46. The predicted octanol–water partition coefficient (Wildman–Crippen LogP) is 3.66. The average Bonchev–Trinajstić information content (AvgIpc) is 2.19. The molecule has 2 rings (SSSR count). The molecule has 0 aliphatic carbocycles. The number of fused-ring (bicyclic) bond motifs is 1. The molecule has 4 heteroatoms. The number of nitrogens with zero attached hydrogens (tertiary/aromatic N) is 1. The zero-order valence-corrected chi connectivity index (χ0v) is 9.76. The van der Waals surface area contributed by atoms with Gasteiger partial charge in [-0.2, -0.15) is 0 Å². The van der Waals surface area contributed by atoms with Gasteiger partial charge in [0.1, 0.15) is 0 Å². The van der Waals surface area contributed by atoms with Crippen LogP contribution in [-0.4, -0.2) is 12.1 Å². The highest BCUT2D eigenvalue weighted by Crippen LogP contribution is 2.28. The Morgan fingerprint density at radius 3 is 2.86 bits per heavy atom. The quantitative estimate of drug-likeness (QED) is 0.790. The lowest BCUT2D eigenvalue weighted by Gasteiger charge is -2.04. The highest BCUT2D eigenvalue weighted by atomic mass is 79.9. The number of methoxy groups -OCH3 is 1. The minimum atomic E-state index is 0.532. The van der Waals surface area contributed by atoms with E-state index < -0.39 is 0 Å². The number of rotatable bonds is 1. The topological polar surface area (TPSA) is 22.1 Å². The van der Waals surface area contributed by atoms with Gasteiger partial charge in [-0.1, -0.05) is 27.5 Å². The van der Waals surface area contributed by atoms with E-state index in [4.69, 9.17) is 16.3 Å². The predicted molar refractivity (Wildman–Crippen MR) is 61.0 cm³/mol. The first kappa shape index (κ1) is 9.74. The molecule has 72 valence electrons. The third-order valence-corrected chi connectivity index (χ3v) is 2.71.